The second-order valence-electron chi connectivity index (χ2n) is 4.06. The predicted octanol–water partition coefficient (Wildman–Crippen LogP) is 3.98. The summed E-state index contributed by atoms with van der Waals surface area (Å²) in [5, 5.41) is 3.04. The van der Waals surface area contributed by atoms with E-state index in [1.165, 1.54) is 0 Å². The molecule has 1 rings (SSSR count). The number of nitrogens with one attached hydrogen (secondary N) is 1. The maximum absolute atomic E-state index is 12.2. The van der Waals surface area contributed by atoms with Crippen molar-refractivity contribution in [2.75, 3.05) is 5.88 Å². The van der Waals surface area contributed by atoms with Gasteiger partial charge in [-0.25, -0.2) is 0 Å². The number of hydrogen-bond acceptors (Lipinski definition) is 1. The molecule has 0 fully saturated rings. The highest BCUT2D eigenvalue weighted by Crippen LogP contribution is 2.20. The number of alkyl halides is 1. The number of carbonyl (C=O) groups is 1. The van der Waals surface area contributed by atoms with Crippen molar-refractivity contribution < 1.29 is 4.79 Å². The molecule has 94 valence electrons. The van der Waals surface area contributed by atoms with Crippen LogP contribution in [0.15, 0.2) is 28.7 Å². The van der Waals surface area contributed by atoms with Crippen LogP contribution in [0.3, 0.4) is 0 Å². The second-order valence-corrected chi connectivity index (χ2v) is 5.18. The third kappa shape index (κ3) is 3.46. The minimum absolute atomic E-state index is 0.0816. The van der Waals surface area contributed by atoms with Crippen LogP contribution in [0.4, 0.5) is 0 Å². The van der Waals surface area contributed by atoms with Crippen molar-refractivity contribution in [1.29, 1.82) is 0 Å². The summed E-state index contributed by atoms with van der Waals surface area (Å²) in [5.74, 6) is 0.345. The van der Waals surface area contributed by atoms with Crippen LogP contribution in [-0.2, 0) is 0 Å². The molecule has 0 unspecified atom stereocenters. The molecule has 0 spiro atoms. The Morgan fingerprint density at radius 3 is 2.41 bits per heavy atom. The Labute approximate surface area is 116 Å². The largest absolute Gasteiger partial charge is 0.345 e. The molecule has 1 N–H and O–H groups in total. The van der Waals surface area contributed by atoms with Crippen LogP contribution in [0.1, 0.15) is 37.0 Å². The third-order valence-corrected chi connectivity index (χ3v) is 4.31. The lowest BCUT2D eigenvalue weighted by Gasteiger charge is -2.30. The highest BCUT2D eigenvalue weighted by molar-refractivity contribution is 9.10. The Morgan fingerprint density at radius 2 is 1.94 bits per heavy atom. The Bertz CT molecular complexity index is 382. The lowest BCUT2D eigenvalue weighted by molar-refractivity contribution is 0.0901. The van der Waals surface area contributed by atoms with Gasteiger partial charge in [0.2, 0.25) is 0 Å². The number of benzene rings is 1. The van der Waals surface area contributed by atoms with Gasteiger partial charge in [-0.3, -0.25) is 4.79 Å². The van der Waals surface area contributed by atoms with Crippen molar-refractivity contribution in [2.24, 2.45) is 0 Å². The molecule has 0 aromatic heterocycles. The van der Waals surface area contributed by atoms with E-state index in [1.807, 2.05) is 32.0 Å². The maximum atomic E-state index is 12.2. The summed E-state index contributed by atoms with van der Waals surface area (Å²) in [4.78, 5) is 12.2. The van der Waals surface area contributed by atoms with Gasteiger partial charge in [0.05, 0.1) is 11.1 Å². The van der Waals surface area contributed by atoms with Gasteiger partial charge in [-0.2, -0.15) is 0 Å². The first-order valence-corrected chi connectivity index (χ1v) is 7.04. The van der Waals surface area contributed by atoms with Gasteiger partial charge in [0, 0.05) is 10.4 Å². The van der Waals surface area contributed by atoms with Crippen molar-refractivity contribution >= 4 is 33.4 Å². The zero-order valence-electron chi connectivity index (χ0n) is 10.1. The Kier molecular flexibility index (Phi) is 5.47. The van der Waals surface area contributed by atoms with Crippen molar-refractivity contribution in [3.63, 3.8) is 0 Å². The minimum Gasteiger partial charge on any atom is -0.345 e. The average Bonchev–Trinajstić information content (AvgIpc) is 2.36. The standard InChI is InChI=1S/C13H17BrClNO/c1-3-13(4-2,9-15)16-12(17)10-7-5-6-8-11(10)14/h5-8H,3-4,9H2,1-2H3,(H,16,17). The molecule has 4 heteroatoms. The van der Waals surface area contributed by atoms with Gasteiger partial charge < -0.3 is 5.32 Å². The number of carbonyl (C=O) groups excluding carboxylic acids is 1. The molecule has 1 aromatic rings. The summed E-state index contributed by atoms with van der Waals surface area (Å²) in [6.07, 6.45) is 1.65. The average molecular weight is 319 g/mol. The summed E-state index contributed by atoms with van der Waals surface area (Å²) in [6.45, 7) is 4.07. The van der Waals surface area contributed by atoms with Gasteiger partial charge in [-0.1, -0.05) is 26.0 Å². The molecule has 0 atom stereocenters. The van der Waals surface area contributed by atoms with Gasteiger partial charge in [-0.05, 0) is 40.9 Å². The van der Waals surface area contributed by atoms with Gasteiger partial charge in [0.25, 0.3) is 5.91 Å². The highest BCUT2D eigenvalue weighted by Gasteiger charge is 2.27. The number of halogens is 2. The predicted molar refractivity (Wildman–Crippen MR) is 75.6 cm³/mol. The third-order valence-electron chi connectivity index (χ3n) is 3.11. The van der Waals surface area contributed by atoms with E-state index in [2.05, 4.69) is 21.2 Å². The zero-order chi connectivity index (χ0) is 12.9. The molecular formula is C13H17BrClNO. The molecule has 0 aliphatic carbocycles. The molecule has 0 saturated carbocycles. The highest BCUT2D eigenvalue weighted by atomic mass is 79.9. The zero-order valence-corrected chi connectivity index (χ0v) is 12.4. The summed E-state index contributed by atoms with van der Waals surface area (Å²) < 4.78 is 0.799. The Morgan fingerprint density at radius 1 is 1.35 bits per heavy atom. The first-order chi connectivity index (χ1) is 8.08. The summed E-state index contributed by atoms with van der Waals surface area (Å²) in [6, 6.07) is 7.38. The molecular weight excluding hydrogens is 302 g/mol. The van der Waals surface area contributed by atoms with Crippen molar-refractivity contribution in [3.05, 3.63) is 34.3 Å². The summed E-state index contributed by atoms with van der Waals surface area (Å²) in [5.41, 5.74) is 0.331. The first kappa shape index (κ1) is 14.5. The second kappa shape index (κ2) is 6.41. The molecule has 2 nitrogen and oxygen atoms in total. The fraction of sp³-hybridized carbons (Fsp3) is 0.462. The minimum atomic E-state index is -0.312. The van der Waals surface area contributed by atoms with E-state index >= 15 is 0 Å². The first-order valence-electron chi connectivity index (χ1n) is 5.71. The van der Waals surface area contributed by atoms with Crippen LogP contribution in [0.5, 0.6) is 0 Å². The van der Waals surface area contributed by atoms with Crippen LogP contribution in [0.2, 0.25) is 0 Å². The smallest absolute Gasteiger partial charge is 0.252 e. The van der Waals surface area contributed by atoms with E-state index in [0.29, 0.717) is 11.4 Å². The van der Waals surface area contributed by atoms with Gasteiger partial charge in [-0.15, -0.1) is 11.6 Å². The van der Waals surface area contributed by atoms with E-state index in [0.717, 1.165) is 17.3 Å². The number of rotatable bonds is 5. The molecule has 0 aliphatic heterocycles. The van der Waals surface area contributed by atoms with Crippen LogP contribution in [-0.4, -0.2) is 17.3 Å². The van der Waals surface area contributed by atoms with E-state index in [4.69, 9.17) is 11.6 Å². The maximum Gasteiger partial charge on any atom is 0.252 e. The normalized spacial score (nSPS) is 11.3. The van der Waals surface area contributed by atoms with E-state index in [1.54, 1.807) is 6.07 Å². The molecule has 0 aliphatic rings. The summed E-state index contributed by atoms with van der Waals surface area (Å²) in [7, 11) is 0. The van der Waals surface area contributed by atoms with Crippen LogP contribution >= 0.6 is 27.5 Å². The lowest BCUT2D eigenvalue weighted by atomic mass is 9.94. The van der Waals surface area contributed by atoms with Crippen LogP contribution in [0.25, 0.3) is 0 Å². The molecule has 1 amide bonds. The number of amides is 1. The van der Waals surface area contributed by atoms with Crippen molar-refractivity contribution in [2.45, 2.75) is 32.2 Å². The van der Waals surface area contributed by atoms with Gasteiger partial charge in [0.15, 0.2) is 0 Å². The Hall–Kier alpha value is -0.540. The quantitative estimate of drug-likeness (QED) is 0.818. The molecule has 0 heterocycles. The summed E-state index contributed by atoms with van der Waals surface area (Å²) >= 11 is 9.35. The molecule has 0 bridgehead atoms. The Balaban J connectivity index is 2.89. The van der Waals surface area contributed by atoms with Crippen molar-refractivity contribution in [1.82, 2.24) is 5.32 Å². The van der Waals surface area contributed by atoms with Crippen LogP contribution < -0.4 is 5.32 Å². The van der Waals surface area contributed by atoms with Gasteiger partial charge in [0.1, 0.15) is 0 Å². The monoisotopic (exact) mass is 317 g/mol. The fourth-order valence-corrected chi connectivity index (χ4v) is 2.51. The van der Waals surface area contributed by atoms with E-state index in [-0.39, 0.29) is 11.4 Å². The van der Waals surface area contributed by atoms with Crippen LogP contribution in [0, 0.1) is 0 Å². The molecule has 17 heavy (non-hydrogen) atoms. The van der Waals surface area contributed by atoms with E-state index < -0.39 is 0 Å². The fourth-order valence-electron chi connectivity index (χ4n) is 1.60. The van der Waals surface area contributed by atoms with Crippen molar-refractivity contribution in [3.8, 4) is 0 Å². The number of hydrogen-bond donors (Lipinski definition) is 1. The topological polar surface area (TPSA) is 29.1 Å². The molecule has 0 radical (unpaired) electrons. The molecule has 0 saturated heterocycles. The SMILES string of the molecule is CCC(CC)(CCl)NC(=O)c1ccccc1Br. The van der Waals surface area contributed by atoms with E-state index in [9.17, 15) is 4.79 Å². The lowest BCUT2D eigenvalue weighted by Crippen LogP contribution is -2.49. The van der Waals surface area contributed by atoms with Gasteiger partial charge >= 0.3 is 0 Å². The molecule has 1 aromatic carbocycles.